The zero-order valence-electron chi connectivity index (χ0n) is 10.9. The van der Waals surface area contributed by atoms with Crippen LogP contribution in [0.15, 0.2) is 6.33 Å². The van der Waals surface area contributed by atoms with Crippen molar-refractivity contribution in [3.63, 3.8) is 0 Å². The van der Waals surface area contributed by atoms with Gasteiger partial charge in [0.15, 0.2) is 0 Å². The van der Waals surface area contributed by atoms with E-state index in [4.69, 9.17) is 9.84 Å². The third kappa shape index (κ3) is 2.15. The minimum absolute atomic E-state index is 0.0624. The Morgan fingerprint density at radius 1 is 1.42 bits per heavy atom. The van der Waals surface area contributed by atoms with Gasteiger partial charge in [-0.05, 0) is 13.3 Å². The zero-order valence-corrected chi connectivity index (χ0v) is 10.9. The molecule has 2 aromatic rings. The van der Waals surface area contributed by atoms with Gasteiger partial charge in [0.05, 0.1) is 19.8 Å². The molecule has 0 aromatic carbocycles. The van der Waals surface area contributed by atoms with Crippen LogP contribution in [-0.2, 0) is 11.2 Å². The molecular formula is C12H17N5O2. The van der Waals surface area contributed by atoms with E-state index >= 15 is 0 Å². The third-order valence-corrected chi connectivity index (χ3v) is 3.38. The molecule has 0 atom stereocenters. The lowest BCUT2D eigenvalue weighted by molar-refractivity contribution is 0.0967. The number of aromatic nitrogens is 4. The highest BCUT2D eigenvalue weighted by molar-refractivity contribution is 5.58. The lowest BCUT2D eigenvalue weighted by Gasteiger charge is -2.19. The number of fused-ring (bicyclic) bond motifs is 3. The number of rotatable bonds is 5. The number of hydrogen-bond acceptors (Lipinski definition) is 6. The molecule has 0 unspecified atom stereocenters. The number of anilines is 1. The summed E-state index contributed by atoms with van der Waals surface area (Å²) < 4.78 is 7.12. The van der Waals surface area contributed by atoms with E-state index in [1.807, 2.05) is 6.92 Å². The van der Waals surface area contributed by atoms with Crippen LogP contribution in [0.5, 0.6) is 0 Å². The smallest absolute Gasteiger partial charge is 0.254 e. The molecular weight excluding hydrogens is 246 g/mol. The third-order valence-electron chi connectivity index (χ3n) is 3.38. The number of nitrogens with zero attached hydrogens (tertiary/aromatic N) is 5. The maximum Gasteiger partial charge on any atom is 0.254 e. The van der Waals surface area contributed by atoms with Crippen LogP contribution >= 0.6 is 0 Å². The van der Waals surface area contributed by atoms with Gasteiger partial charge in [0.1, 0.15) is 12.1 Å². The van der Waals surface area contributed by atoms with E-state index in [1.165, 1.54) is 11.9 Å². The van der Waals surface area contributed by atoms with Gasteiger partial charge in [-0.2, -0.15) is 14.6 Å². The second kappa shape index (κ2) is 5.10. The van der Waals surface area contributed by atoms with Crippen LogP contribution in [-0.4, -0.2) is 57.6 Å². The Balaban J connectivity index is 1.86. The van der Waals surface area contributed by atoms with Crippen molar-refractivity contribution in [2.24, 2.45) is 0 Å². The molecule has 2 aromatic heterocycles. The predicted octanol–water partition coefficient (Wildman–Crippen LogP) is -0.196. The number of aliphatic hydroxyl groups is 1. The first-order valence-electron chi connectivity index (χ1n) is 6.44. The summed E-state index contributed by atoms with van der Waals surface area (Å²) in [6, 6.07) is 0. The highest BCUT2D eigenvalue weighted by atomic mass is 16.5. The van der Waals surface area contributed by atoms with E-state index in [9.17, 15) is 0 Å². The summed E-state index contributed by atoms with van der Waals surface area (Å²) in [4.78, 5) is 10.8. The molecule has 1 N–H and O–H groups in total. The maximum absolute atomic E-state index is 8.70. The molecule has 0 amide bonds. The largest absolute Gasteiger partial charge is 0.394 e. The van der Waals surface area contributed by atoms with Gasteiger partial charge < -0.3 is 14.7 Å². The van der Waals surface area contributed by atoms with Crippen molar-refractivity contribution < 1.29 is 9.84 Å². The van der Waals surface area contributed by atoms with Gasteiger partial charge >= 0.3 is 0 Å². The number of aliphatic hydroxyl groups excluding tert-OH is 1. The Labute approximate surface area is 110 Å². The standard InChI is InChI=1S/C12H17N5O2/c1-9-10-2-3-16(4-6-19-7-5-18)11(10)17-12(15-9)13-8-14-17/h8,18H,2-7H2,1H3. The molecule has 1 aliphatic rings. The van der Waals surface area contributed by atoms with E-state index in [0.29, 0.717) is 19.0 Å². The van der Waals surface area contributed by atoms with Gasteiger partial charge in [-0.1, -0.05) is 0 Å². The van der Waals surface area contributed by atoms with E-state index < -0.39 is 0 Å². The van der Waals surface area contributed by atoms with Crippen molar-refractivity contribution in [2.75, 3.05) is 37.8 Å². The van der Waals surface area contributed by atoms with E-state index in [1.54, 1.807) is 4.52 Å². The molecule has 0 spiro atoms. The fraction of sp³-hybridized carbons (Fsp3) is 0.583. The predicted molar refractivity (Wildman–Crippen MR) is 69.3 cm³/mol. The van der Waals surface area contributed by atoms with Crippen molar-refractivity contribution in [1.82, 2.24) is 19.6 Å². The van der Waals surface area contributed by atoms with Crippen LogP contribution in [0.2, 0.25) is 0 Å². The summed E-state index contributed by atoms with van der Waals surface area (Å²) >= 11 is 0. The molecule has 102 valence electrons. The molecule has 19 heavy (non-hydrogen) atoms. The van der Waals surface area contributed by atoms with E-state index in [-0.39, 0.29) is 6.61 Å². The summed E-state index contributed by atoms with van der Waals surface area (Å²) in [7, 11) is 0. The summed E-state index contributed by atoms with van der Waals surface area (Å²) in [6.45, 7) is 4.78. The molecule has 0 saturated heterocycles. The molecule has 0 fully saturated rings. The summed E-state index contributed by atoms with van der Waals surface area (Å²) in [6.07, 6.45) is 2.50. The number of hydrogen-bond donors (Lipinski definition) is 1. The minimum Gasteiger partial charge on any atom is -0.394 e. The average molecular weight is 263 g/mol. The number of aryl methyl sites for hydroxylation is 1. The van der Waals surface area contributed by atoms with Crippen molar-refractivity contribution >= 4 is 11.6 Å². The van der Waals surface area contributed by atoms with Crippen LogP contribution < -0.4 is 4.90 Å². The lowest BCUT2D eigenvalue weighted by Crippen LogP contribution is -2.27. The van der Waals surface area contributed by atoms with E-state index in [2.05, 4.69) is 20.0 Å². The summed E-state index contributed by atoms with van der Waals surface area (Å²) in [5.41, 5.74) is 2.26. The highest BCUT2D eigenvalue weighted by Gasteiger charge is 2.25. The van der Waals surface area contributed by atoms with Crippen LogP contribution in [0.3, 0.4) is 0 Å². The lowest BCUT2D eigenvalue weighted by atomic mass is 10.2. The average Bonchev–Trinajstić information content (AvgIpc) is 3.00. The molecule has 3 heterocycles. The fourth-order valence-corrected chi connectivity index (χ4v) is 2.50. The van der Waals surface area contributed by atoms with Crippen LogP contribution in [0, 0.1) is 6.92 Å². The topological polar surface area (TPSA) is 75.8 Å². The zero-order chi connectivity index (χ0) is 13.2. The molecule has 0 bridgehead atoms. The van der Waals surface area contributed by atoms with Crippen molar-refractivity contribution in [3.8, 4) is 0 Å². The molecule has 1 aliphatic heterocycles. The Bertz CT molecular complexity index is 583. The molecule has 0 radical (unpaired) electrons. The minimum atomic E-state index is 0.0624. The van der Waals surface area contributed by atoms with Crippen LogP contribution in [0.25, 0.3) is 5.78 Å². The van der Waals surface area contributed by atoms with Crippen LogP contribution in [0.4, 0.5) is 5.82 Å². The van der Waals surface area contributed by atoms with Gasteiger partial charge in [-0.15, -0.1) is 0 Å². The number of ether oxygens (including phenoxy) is 1. The first kappa shape index (κ1) is 12.3. The molecule has 7 nitrogen and oxygen atoms in total. The molecule has 0 aliphatic carbocycles. The van der Waals surface area contributed by atoms with Gasteiger partial charge in [0.25, 0.3) is 5.78 Å². The van der Waals surface area contributed by atoms with Crippen molar-refractivity contribution in [1.29, 1.82) is 0 Å². The van der Waals surface area contributed by atoms with Gasteiger partial charge in [-0.25, -0.2) is 4.98 Å². The van der Waals surface area contributed by atoms with E-state index in [0.717, 1.165) is 31.0 Å². The Morgan fingerprint density at radius 2 is 2.32 bits per heavy atom. The Hall–Kier alpha value is -1.73. The van der Waals surface area contributed by atoms with Crippen molar-refractivity contribution in [2.45, 2.75) is 13.3 Å². The second-order valence-corrected chi connectivity index (χ2v) is 4.54. The Morgan fingerprint density at radius 3 is 3.16 bits per heavy atom. The van der Waals surface area contributed by atoms with Crippen molar-refractivity contribution in [3.05, 3.63) is 17.6 Å². The van der Waals surface area contributed by atoms with Gasteiger partial charge in [0.2, 0.25) is 0 Å². The monoisotopic (exact) mass is 263 g/mol. The first-order valence-corrected chi connectivity index (χ1v) is 6.44. The summed E-state index contributed by atoms with van der Waals surface area (Å²) in [5.74, 6) is 1.71. The quantitative estimate of drug-likeness (QED) is 0.753. The van der Waals surface area contributed by atoms with Gasteiger partial charge in [0, 0.05) is 24.3 Å². The molecule has 3 rings (SSSR count). The first-order chi connectivity index (χ1) is 9.31. The second-order valence-electron chi connectivity index (χ2n) is 4.54. The molecule has 0 saturated carbocycles. The highest BCUT2D eigenvalue weighted by Crippen LogP contribution is 2.29. The molecule has 7 heteroatoms. The van der Waals surface area contributed by atoms with Gasteiger partial charge in [-0.3, -0.25) is 0 Å². The Kier molecular flexibility index (Phi) is 3.31. The normalized spacial score (nSPS) is 14.3. The SMILES string of the molecule is Cc1nc2ncnn2c2c1CCN2CCOCCO. The summed E-state index contributed by atoms with van der Waals surface area (Å²) in [5, 5.41) is 12.9. The maximum atomic E-state index is 8.70. The fourth-order valence-electron chi connectivity index (χ4n) is 2.50. The van der Waals surface area contributed by atoms with Crippen LogP contribution in [0.1, 0.15) is 11.3 Å².